The molecule has 1 fully saturated rings. The molecule has 1 saturated heterocycles. The minimum Gasteiger partial charge on any atom is -0.379 e. The van der Waals surface area contributed by atoms with E-state index in [1.54, 1.807) is 6.20 Å². The van der Waals surface area contributed by atoms with Crippen LogP contribution in [0.1, 0.15) is 26.4 Å². The molecule has 2 heterocycles. The number of rotatable bonds is 6. The molecule has 1 N–H and O–H groups in total. The lowest BCUT2D eigenvalue weighted by atomic mass is 10.1. The number of halogens is 1. The van der Waals surface area contributed by atoms with Crippen molar-refractivity contribution in [3.8, 4) is 0 Å². The average molecular weight is 428 g/mol. The molecule has 2 aromatic carbocycles. The SMILES string of the molecule is O=C(Nc1ncc(Cc2cccc(Cl)c2)s1)c1ccc(CN2CCOCC2)cc1. The zero-order valence-corrected chi connectivity index (χ0v) is 17.5. The number of carbonyl (C=O) groups is 1. The second-order valence-electron chi connectivity index (χ2n) is 6.98. The van der Waals surface area contributed by atoms with Gasteiger partial charge in [0.25, 0.3) is 5.91 Å². The van der Waals surface area contributed by atoms with Crippen molar-refractivity contribution >= 4 is 34.0 Å². The van der Waals surface area contributed by atoms with Crippen LogP contribution in [0.25, 0.3) is 0 Å². The number of nitrogens with zero attached hydrogens (tertiary/aromatic N) is 2. The van der Waals surface area contributed by atoms with E-state index in [4.69, 9.17) is 16.3 Å². The Morgan fingerprint density at radius 2 is 1.93 bits per heavy atom. The summed E-state index contributed by atoms with van der Waals surface area (Å²) in [5.74, 6) is -0.147. The van der Waals surface area contributed by atoms with Gasteiger partial charge in [0.1, 0.15) is 0 Å². The summed E-state index contributed by atoms with van der Waals surface area (Å²) < 4.78 is 5.38. The molecule has 3 aromatic rings. The van der Waals surface area contributed by atoms with Crippen molar-refractivity contribution < 1.29 is 9.53 Å². The third-order valence-electron chi connectivity index (χ3n) is 4.77. The predicted molar refractivity (Wildman–Crippen MR) is 117 cm³/mol. The number of hydrogen-bond acceptors (Lipinski definition) is 5. The van der Waals surface area contributed by atoms with Gasteiger partial charge in [0.15, 0.2) is 5.13 Å². The van der Waals surface area contributed by atoms with Crippen LogP contribution >= 0.6 is 22.9 Å². The molecule has 7 heteroatoms. The minimum atomic E-state index is -0.147. The minimum absolute atomic E-state index is 0.147. The molecule has 1 amide bonds. The summed E-state index contributed by atoms with van der Waals surface area (Å²) in [4.78, 5) is 20.3. The van der Waals surface area contributed by atoms with Crippen molar-refractivity contribution in [3.63, 3.8) is 0 Å². The fourth-order valence-electron chi connectivity index (χ4n) is 3.24. The predicted octanol–water partition coefficient (Wildman–Crippen LogP) is 4.47. The lowest BCUT2D eigenvalue weighted by molar-refractivity contribution is 0.0342. The van der Waals surface area contributed by atoms with Crippen LogP contribution in [0.3, 0.4) is 0 Å². The van der Waals surface area contributed by atoms with Gasteiger partial charge in [-0.05, 0) is 35.4 Å². The van der Waals surface area contributed by atoms with Crippen molar-refractivity contribution in [2.75, 3.05) is 31.6 Å². The number of aromatic nitrogens is 1. The first-order valence-corrected chi connectivity index (χ1v) is 10.7. The molecule has 4 rings (SSSR count). The van der Waals surface area contributed by atoms with Crippen molar-refractivity contribution in [2.45, 2.75) is 13.0 Å². The Balaban J connectivity index is 1.33. The van der Waals surface area contributed by atoms with E-state index in [2.05, 4.69) is 15.2 Å². The molecular formula is C22H22ClN3O2S. The molecule has 0 radical (unpaired) electrons. The number of nitrogens with one attached hydrogen (secondary N) is 1. The van der Waals surface area contributed by atoms with Crippen LogP contribution in [0.4, 0.5) is 5.13 Å². The molecular weight excluding hydrogens is 406 g/mol. The number of morpholine rings is 1. The molecule has 0 atom stereocenters. The number of hydrogen-bond donors (Lipinski definition) is 1. The zero-order chi connectivity index (χ0) is 20.1. The highest BCUT2D eigenvalue weighted by Crippen LogP contribution is 2.23. The number of anilines is 1. The van der Waals surface area contributed by atoms with Gasteiger partial charge >= 0.3 is 0 Å². The quantitative estimate of drug-likeness (QED) is 0.630. The van der Waals surface area contributed by atoms with E-state index < -0.39 is 0 Å². The summed E-state index contributed by atoms with van der Waals surface area (Å²) in [5.41, 5.74) is 2.94. The molecule has 150 valence electrons. The van der Waals surface area contributed by atoms with Gasteiger partial charge in [0.2, 0.25) is 0 Å². The molecule has 0 unspecified atom stereocenters. The summed E-state index contributed by atoms with van der Waals surface area (Å²) >= 11 is 7.52. The van der Waals surface area contributed by atoms with E-state index in [0.29, 0.717) is 10.7 Å². The molecule has 1 aliphatic rings. The van der Waals surface area contributed by atoms with E-state index in [1.165, 1.54) is 16.9 Å². The van der Waals surface area contributed by atoms with Gasteiger partial charge in [-0.15, -0.1) is 11.3 Å². The molecule has 29 heavy (non-hydrogen) atoms. The van der Waals surface area contributed by atoms with E-state index in [9.17, 15) is 4.79 Å². The summed E-state index contributed by atoms with van der Waals surface area (Å²) in [6.45, 7) is 4.35. The van der Waals surface area contributed by atoms with Crippen LogP contribution < -0.4 is 5.32 Å². The Kier molecular flexibility index (Phi) is 6.56. The normalized spacial score (nSPS) is 14.7. The van der Waals surface area contributed by atoms with Crippen LogP contribution in [-0.4, -0.2) is 42.1 Å². The largest absolute Gasteiger partial charge is 0.379 e. The van der Waals surface area contributed by atoms with Crippen LogP contribution in [-0.2, 0) is 17.7 Å². The third kappa shape index (κ3) is 5.64. The third-order valence-corrected chi connectivity index (χ3v) is 5.92. The maximum atomic E-state index is 12.5. The number of thiazole rings is 1. The maximum absolute atomic E-state index is 12.5. The first-order chi connectivity index (χ1) is 14.2. The maximum Gasteiger partial charge on any atom is 0.257 e. The van der Waals surface area contributed by atoms with Crippen molar-refractivity contribution in [2.24, 2.45) is 0 Å². The fourth-order valence-corrected chi connectivity index (χ4v) is 4.30. The van der Waals surface area contributed by atoms with Gasteiger partial charge in [-0.25, -0.2) is 4.98 Å². The Bertz CT molecular complexity index is 968. The first kappa shape index (κ1) is 20.0. The fraction of sp³-hybridized carbons (Fsp3) is 0.273. The topological polar surface area (TPSA) is 54.5 Å². The Labute approximate surface area is 179 Å². The van der Waals surface area contributed by atoms with E-state index in [-0.39, 0.29) is 5.91 Å². The van der Waals surface area contributed by atoms with Gasteiger partial charge < -0.3 is 4.74 Å². The Hall–Kier alpha value is -2.25. The molecule has 0 spiro atoms. The zero-order valence-electron chi connectivity index (χ0n) is 15.9. The summed E-state index contributed by atoms with van der Waals surface area (Å²) in [6.07, 6.45) is 2.54. The Morgan fingerprint density at radius 3 is 2.69 bits per heavy atom. The van der Waals surface area contributed by atoms with Crippen LogP contribution in [0, 0.1) is 0 Å². The molecule has 0 aliphatic carbocycles. The number of carbonyl (C=O) groups excluding carboxylic acids is 1. The average Bonchev–Trinajstić information content (AvgIpc) is 3.16. The summed E-state index contributed by atoms with van der Waals surface area (Å²) in [7, 11) is 0. The monoisotopic (exact) mass is 427 g/mol. The highest BCUT2D eigenvalue weighted by molar-refractivity contribution is 7.15. The van der Waals surface area contributed by atoms with Crippen LogP contribution in [0.15, 0.2) is 54.7 Å². The molecule has 5 nitrogen and oxygen atoms in total. The summed E-state index contributed by atoms with van der Waals surface area (Å²) in [5, 5.41) is 4.21. The smallest absolute Gasteiger partial charge is 0.257 e. The molecule has 1 aromatic heterocycles. The molecule has 0 saturated carbocycles. The van der Waals surface area contributed by atoms with E-state index in [1.807, 2.05) is 48.5 Å². The van der Waals surface area contributed by atoms with E-state index >= 15 is 0 Å². The van der Waals surface area contributed by atoms with Gasteiger partial charge in [0.05, 0.1) is 13.2 Å². The molecule has 0 bridgehead atoms. The Morgan fingerprint density at radius 1 is 1.14 bits per heavy atom. The highest BCUT2D eigenvalue weighted by atomic mass is 35.5. The lowest BCUT2D eigenvalue weighted by Gasteiger charge is -2.26. The summed E-state index contributed by atoms with van der Waals surface area (Å²) in [6, 6.07) is 15.5. The lowest BCUT2D eigenvalue weighted by Crippen LogP contribution is -2.35. The molecule has 1 aliphatic heterocycles. The standard InChI is InChI=1S/C22H22ClN3O2S/c23-19-3-1-2-17(12-19)13-20-14-24-22(29-20)25-21(27)18-6-4-16(5-7-18)15-26-8-10-28-11-9-26/h1-7,12,14H,8-11,13,15H2,(H,24,25,27). The van der Waals surface area contributed by atoms with Gasteiger partial charge in [-0.3, -0.25) is 15.0 Å². The van der Waals surface area contributed by atoms with Crippen LogP contribution in [0.2, 0.25) is 5.02 Å². The van der Waals surface area contributed by atoms with Crippen LogP contribution in [0.5, 0.6) is 0 Å². The first-order valence-electron chi connectivity index (χ1n) is 9.55. The van der Waals surface area contributed by atoms with Crippen molar-refractivity contribution in [1.29, 1.82) is 0 Å². The second kappa shape index (κ2) is 9.50. The van der Waals surface area contributed by atoms with Gasteiger partial charge in [0, 0.05) is 47.7 Å². The van der Waals surface area contributed by atoms with Crippen molar-refractivity contribution in [3.05, 3.63) is 81.3 Å². The van der Waals surface area contributed by atoms with Gasteiger partial charge in [-0.1, -0.05) is 35.9 Å². The number of benzene rings is 2. The van der Waals surface area contributed by atoms with Gasteiger partial charge in [-0.2, -0.15) is 0 Å². The second-order valence-corrected chi connectivity index (χ2v) is 8.53. The van der Waals surface area contributed by atoms with E-state index in [0.717, 1.165) is 54.7 Å². The highest BCUT2D eigenvalue weighted by Gasteiger charge is 2.12. The van der Waals surface area contributed by atoms with Crippen molar-refractivity contribution in [1.82, 2.24) is 9.88 Å². The number of ether oxygens (including phenoxy) is 1. The number of amides is 1.